The molecule has 3 aromatic carbocycles. The van der Waals surface area contributed by atoms with Gasteiger partial charge in [0.1, 0.15) is 24.0 Å². The van der Waals surface area contributed by atoms with Crippen molar-refractivity contribution >= 4 is 11.8 Å². The van der Waals surface area contributed by atoms with E-state index >= 15 is 0 Å². The highest BCUT2D eigenvalue weighted by molar-refractivity contribution is 6.00. The van der Waals surface area contributed by atoms with Gasteiger partial charge in [-0.05, 0) is 58.6 Å². The minimum atomic E-state index is -1.38. The van der Waals surface area contributed by atoms with Crippen LogP contribution in [0.4, 0.5) is 8.78 Å². The Morgan fingerprint density at radius 3 is 2.54 bits per heavy atom. The fourth-order valence-electron chi connectivity index (χ4n) is 4.20. The number of amides is 1. The summed E-state index contributed by atoms with van der Waals surface area (Å²) in [4.78, 5) is 21.2. The van der Waals surface area contributed by atoms with Gasteiger partial charge in [0.05, 0.1) is 13.2 Å². The molecule has 1 heterocycles. The van der Waals surface area contributed by atoms with E-state index in [4.69, 9.17) is 25.1 Å². The number of aliphatic hydroxyl groups excluding tert-OH is 1. The van der Waals surface area contributed by atoms with Crippen LogP contribution in [0.15, 0.2) is 76.8 Å². The number of benzene rings is 3. The molecule has 0 saturated heterocycles. The van der Waals surface area contributed by atoms with E-state index in [1.165, 1.54) is 0 Å². The lowest BCUT2D eigenvalue weighted by Crippen LogP contribution is -2.48. The fraction of sp³-hybridized carbons (Fsp3) is 0.286. The Balaban J connectivity index is 1.62. The van der Waals surface area contributed by atoms with Crippen LogP contribution in [-0.4, -0.2) is 42.3 Å². The number of rotatable bonds is 12. The molecule has 2 N–H and O–H groups in total. The molecule has 1 aliphatic rings. The molecule has 0 spiro atoms. The second-order valence-electron chi connectivity index (χ2n) is 8.98. The molecule has 4 rings (SSSR count). The third kappa shape index (κ3) is 7.10. The number of carbonyl (C=O) groups excluding carboxylic acids is 1. The third-order valence-electron chi connectivity index (χ3n) is 6.14. The molecule has 11 heteroatoms. The second kappa shape index (κ2) is 12.9. The summed E-state index contributed by atoms with van der Waals surface area (Å²) in [5.41, 5.74) is 9.78. The highest BCUT2D eigenvalue weighted by Crippen LogP contribution is 2.29. The highest BCUT2D eigenvalue weighted by Gasteiger charge is 2.44. The Morgan fingerprint density at radius 2 is 1.85 bits per heavy atom. The summed E-state index contributed by atoms with van der Waals surface area (Å²) in [6, 6.07) is 17.3. The number of azide groups is 1. The molecular weight excluding hydrogens is 508 g/mol. The topological polar surface area (TPSA) is 129 Å². The van der Waals surface area contributed by atoms with E-state index in [0.29, 0.717) is 24.3 Å². The van der Waals surface area contributed by atoms with E-state index < -0.39 is 23.1 Å². The first kappa shape index (κ1) is 27.6. The van der Waals surface area contributed by atoms with Crippen LogP contribution in [0.1, 0.15) is 28.7 Å². The second-order valence-corrected chi connectivity index (χ2v) is 8.98. The van der Waals surface area contributed by atoms with Crippen LogP contribution >= 0.6 is 0 Å². The molecule has 0 aromatic heterocycles. The van der Waals surface area contributed by atoms with Crippen LogP contribution in [0.25, 0.3) is 10.4 Å². The van der Waals surface area contributed by atoms with Crippen molar-refractivity contribution in [2.45, 2.75) is 31.5 Å². The number of carbonyl (C=O) groups is 1. The predicted molar refractivity (Wildman–Crippen MR) is 140 cm³/mol. The Hall–Kier alpha value is -4.47. The molecule has 0 fully saturated rings. The van der Waals surface area contributed by atoms with Crippen LogP contribution < -0.4 is 10.1 Å². The van der Waals surface area contributed by atoms with Crippen molar-refractivity contribution in [3.8, 4) is 5.75 Å². The average Bonchev–Trinajstić information content (AvgIpc) is 3.36. The maximum absolute atomic E-state index is 13.7. The lowest BCUT2D eigenvalue weighted by atomic mass is 9.89. The zero-order valence-corrected chi connectivity index (χ0v) is 21.0. The van der Waals surface area contributed by atoms with Gasteiger partial charge in [-0.15, -0.1) is 0 Å². The molecule has 9 nitrogen and oxygen atoms in total. The molecule has 1 aliphatic heterocycles. The van der Waals surface area contributed by atoms with Crippen molar-refractivity contribution in [3.63, 3.8) is 0 Å². The van der Waals surface area contributed by atoms with Gasteiger partial charge in [-0.1, -0.05) is 29.4 Å². The summed E-state index contributed by atoms with van der Waals surface area (Å²) in [6.07, 6.45) is 0.651. The summed E-state index contributed by atoms with van der Waals surface area (Å²) in [7, 11) is 0. The summed E-state index contributed by atoms with van der Waals surface area (Å²) >= 11 is 0. The van der Waals surface area contributed by atoms with Gasteiger partial charge in [0.15, 0.2) is 5.54 Å². The van der Waals surface area contributed by atoms with Crippen molar-refractivity contribution in [2.75, 3.05) is 19.8 Å². The number of halogens is 2. The van der Waals surface area contributed by atoms with E-state index in [9.17, 15) is 13.6 Å². The zero-order chi connectivity index (χ0) is 27.7. The van der Waals surface area contributed by atoms with Gasteiger partial charge in [0.2, 0.25) is 5.90 Å². The predicted octanol–water partition coefficient (Wildman–Crippen LogP) is 4.61. The number of nitrogens with one attached hydrogen (secondary N) is 1. The molecule has 0 aliphatic carbocycles. The van der Waals surface area contributed by atoms with Crippen molar-refractivity contribution in [1.29, 1.82) is 0 Å². The average molecular weight is 536 g/mol. The number of nitrogens with zero attached hydrogens (tertiary/aromatic N) is 4. The first-order chi connectivity index (χ1) is 18.9. The zero-order valence-electron chi connectivity index (χ0n) is 21.0. The lowest BCUT2D eigenvalue weighted by Gasteiger charge is -2.24. The first-order valence-corrected chi connectivity index (χ1v) is 12.3. The lowest BCUT2D eigenvalue weighted by molar-refractivity contribution is -0.126. The standard InChI is InChI=1S/C28H27F2N5O4/c29-23-12-19(13-24(30)14-23)16-32-27(37)28(15-21-4-1-2-5-22(21)17-33-35-31)18-39-26(34-28)20-6-8-25(9-7-20)38-11-3-10-36/h1-2,4-9,12-14,36H,3,10-11,15-18H2,(H,32,37)/t28-/m1/s1. The fourth-order valence-corrected chi connectivity index (χ4v) is 4.20. The Bertz CT molecular complexity index is 1370. The van der Waals surface area contributed by atoms with Gasteiger partial charge in [0, 0.05) is 42.5 Å². The van der Waals surface area contributed by atoms with Gasteiger partial charge in [-0.25, -0.2) is 13.8 Å². The Labute approximate surface area is 223 Å². The van der Waals surface area contributed by atoms with Crippen LogP contribution in [-0.2, 0) is 29.0 Å². The van der Waals surface area contributed by atoms with Gasteiger partial charge in [-0.2, -0.15) is 0 Å². The molecule has 0 radical (unpaired) electrons. The maximum atomic E-state index is 13.7. The number of hydrogen-bond donors (Lipinski definition) is 2. The van der Waals surface area contributed by atoms with Crippen LogP contribution in [0, 0.1) is 11.6 Å². The van der Waals surface area contributed by atoms with Crippen molar-refractivity contribution < 1.29 is 28.2 Å². The van der Waals surface area contributed by atoms with E-state index in [2.05, 4.69) is 15.3 Å². The summed E-state index contributed by atoms with van der Waals surface area (Å²) in [5.74, 6) is -1.09. The SMILES string of the molecule is [N-]=[N+]=NCc1ccccc1C[C@]1(C(=O)NCc2cc(F)cc(F)c2)COC(c2ccc(OCCCO)cc2)=N1. The molecule has 1 amide bonds. The minimum Gasteiger partial charge on any atom is -0.494 e. The number of hydrogen-bond acceptors (Lipinski definition) is 6. The minimum absolute atomic E-state index is 0.0347. The molecule has 1 atom stereocenters. The molecule has 0 saturated carbocycles. The molecule has 0 bridgehead atoms. The van der Waals surface area contributed by atoms with E-state index in [0.717, 1.165) is 29.3 Å². The van der Waals surface area contributed by atoms with Crippen LogP contribution in [0.3, 0.4) is 0 Å². The van der Waals surface area contributed by atoms with Crippen molar-refractivity contribution in [2.24, 2.45) is 10.1 Å². The van der Waals surface area contributed by atoms with E-state index in [1.54, 1.807) is 36.4 Å². The van der Waals surface area contributed by atoms with Crippen LogP contribution in [0.5, 0.6) is 5.75 Å². The number of aliphatic imine (C=N–C) groups is 1. The summed E-state index contributed by atoms with van der Waals surface area (Å²) < 4.78 is 38.8. The van der Waals surface area contributed by atoms with E-state index in [-0.39, 0.29) is 44.2 Å². The van der Waals surface area contributed by atoms with Gasteiger partial charge >= 0.3 is 0 Å². The number of ether oxygens (including phenoxy) is 2. The Kier molecular flexibility index (Phi) is 9.09. The third-order valence-corrected chi connectivity index (χ3v) is 6.14. The van der Waals surface area contributed by atoms with E-state index in [1.807, 2.05) is 12.1 Å². The smallest absolute Gasteiger partial charge is 0.252 e. The van der Waals surface area contributed by atoms with Gasteiger partial charge in [0.25, 0.3) is 5.91 Å². The van der Waals surface area contributed by atoms with Gasteiger partial charge in [-0.3, -0.25) is 4.79 Å². The quantitative estimate of drug-likeness (QED) is 0.152. The Morgan fingerprint density at radius 1 is 1.13 bits per heavy atom. The van der Waals surface area contributed by atoms with Gasteiger partial charge < -0.3 is 19.9 Å². The molecule has 0 unspecified atom stereocenters. The molecule has 202 valence electrons. The largest absolute Gasteiger partial charge is 0.494 e. The first-order valence-electron chi connectivity index (χ1n) is 12.3. The highest BCUT2D eigenvalue weighted by atomic mass is 19.1. The van der Waals surface area contributed by atoms with Crippen molar-refractivity contribution in [3.05, 3.63) is 111 Å². The summed E-state index contributed by atoms with van der Waals surface area (Å²) in [5, 5.41) is 15.3. The normalized spacial score (nSPS) is 16.1. The monoisotopic (exact) mass is 535 g/mol. The molecule has 3 aromatic rings. The number of aliphatic hydroxyl groups is 1. The van der Waals surface area contributed by atoms with Crippen molar-refractivity contribution in [1.82, 2.24) is 5.32 Å². The van der Waals surface area contributed by atoms with Crippen LogP contribution in [0.2, 0.25) is 0 Å². The maximum Gasteiger partial charge on any atom is 0.252 e. The summed E-state index contributed by atoms with van der Waals surface area (Å²) in [6.45, 7) is 0.326. The molecular formula is C28H27F2N5O4. The molecule has 39 heavy (non-hydrogen) atoms.